The van der Waals surface area contributed by atoms with Crippen molar-refractivity contribution in [2.24, 2.45) is 0 Å². The number of carbonyl (C=O) groups excluding carboxylic acids is 1. The lowest BCUT2D eigenvalue weighted by molar-refractivity contribution is -0.119. The van der Waals surface area contributed by atoms with Crippen LogP contribution in [0.2, 0.25) is 5.02 Å². The molecule has 2 nitrogen and oxygen atoms in total. The molecule has 0 heterocycles. The number of thioether (sulfide) groups is 1. The van der Waals surface area contributed by atoms with Gasteiger partial charge in [0.15, 0.2) is 0 Å². The second-order valence-corrected chi connectivity index (χ2v) is 7.81. The molecule has 1 amide bonds. The summed E-state index contributed by atoms with van der Waals surface area (Å²) in [5.74, 6) is 1.23. The van der Waals surface area contributed by atoms with Crippen LogP contribution in [0.25, 0.3) is 0 Å². The van der Waals surface area contributed by atoms with E-state index in [0.29, 0.717) is 5.75 Å². The number of hydrogen-bond acceptors (Lipinski definition) is 2. The molecular formula is C23H22ClNOS. The van der Waals surface area contributed by atoms with Crippen molar-refractivity contribution in [3.8, 4) is 0 Å². The van der Waals surface area contributed by atoms with Gasteiger partial charge >= 0.3 is 0 Å². The third kappa shape index (κ3) is 5.62. The minimum Gasteiger partial charge on any atom is -0.344 e. The number of amides is 1. The summed E-state index contributed by atoms with van der Waals surface area (Å²) in [6, 6.07) is 25.9. The Kier molecular flexibility index (Phi) is 6.97. The van der Waals surface area contributed by atoms with Gasteiger partial charge in [-0.1, -0.05) is 78.3 Å². The molecule has 0 aliphatic heterocycles. The number of rotatable bonds is 7. The first-order valence-corrected chi connectivity index (χ1v) is 10.4. The second kappa shape index (κ2) is 9.63. The molecule has 0 aliphatic rings. The lowest BCUT2D eigenvalue weighted by Crippen LogP contribution is -2.31. The number of nitrogens with one attached hydrogen (secondary N) is 1. The minimum atomic E-state index is -0.143. The molecule has 0 fully saturated rings. The topological polar surface area (TPSA) is 29.1 Å². The van der Waals surface area contributed by atoms with Gasteiger partial charge in [0.25, 0.3) is 0 Å². The Labute approximate surface area is 170 Å². The molecule has 4 heteroatoms. The summed E-state index contributed by atoms with van der Waals surface area (Å²) in [4.78, 5) is 12.6. The summed E-state index contributed by atoms with van der Waals surface area (Å²) in [7, 11) is 0. The van der Waals surface area contributed by atoms with Crippen LogP contribution < -0.4 is 5.32 Å². The lowest BCUT2D eigenvalue weighted by atomic mass is 9.95. The first-order valence-electron chi connectivity index (χ1n) is 8.85. The van der Waals surface area contributed by atoms with E-state index in [2.05, 4.69) is 36.5 Å². The van der Waals surface area contributed by atoms with Crippen LogP contribution in [0.3, 0.4) is 0 Å². The van der Waals surface area contributed by atoms with Gasteiger partial charge in [0.05, 0.1) is 11.8 Å². The molecule has 138 valence electrons. The number of carbonyl (C=O) groups is 1. The number of halogens is 1. The summed E-state index contributed by atoms with van der Waals surface area (Å²) >= 11 is 7.51. The Morgan fingerprint density at radius 3 is 2.33 bits per heavy atom. The van der Waals surface area contributed by atoms with Gasteiger partial charge in [-0.2, -0.15) is 0 Å². The molecule has 0 spiro atoms. The van der Waals surface area contributed by atoms with Gasteiger partial charge in [-0.15, -0.1) is 11.8 Å². The van der Waals surface area contributed by atoms with E-state index in [0.717, 1.165) is 27.5 Å². The van der Waals surface area contributed by atoms with Gasteiger partial charge < -0.3 is 5.32 Å². The van der Waals surface area contributed by atoms with Gasteiger partial charge in [0, 0.05) is 10.8 Å². The van der Waals surface area contributed by atoms with Crippen molar-refractivity contribution in [3.63, 3.8) is 0 Å². The Hall–Kier alpha value is -2.23. The highest BCUT2D eigenvalue weighted by Gasteiger charge is 2.18. The fourth-order valence-corrected chi connectivity index (χ4v) is 3.87. The molecule has 0 saturated heterocycles. The predicted molar refractivity (Wildman–Crippen MR) is 115 cm³/mol. The van der Waals surface area contributed by atoms with E-state index < -0.39 is 0 Å². The average molecular weight is 396 g/mol. The average Bonchev–Trinajstić information content (AvgIpc) is 2.69. The van der Waals surface area contributed by atoms with Crippen molar-refractivity contribution >= 4 is 29.3 Å². The zero-order valence-electron chi connectivity index (χ0n) is 15.2. The summed E-state index contributed by atoms with van der Waals surface area (Å²) in [6.07, 6.45) is 0. The van der Waals surface area contributed by atoms with Crippen molar-refractivity contribution in [1.82, 2.24) is 5.32 Å². The first kappa shape index (κ1) is 19.5. The Bertz CT molecular complexity index is 880. The van der Waals surface area contributed by atoms with Crippen LogP contribution in [0.5, 0.6) is 0 Å². The summed E-state index contributed by atoms with van der Waals surface area (Å²) in [5, 5.41) is 3.93. The van der Waals surface area contributed by atoms with E-state index in [1.54, 1.807) is 11.8 Å². The fraction of sp³-hybridized carbons (Fsp3) is 0.174. The molecule has 0 saturated carbocycles. The SMILES string of the molecule is Cc1ccccc1[C@H](NC(=O)CSCc1ccc(Cl)cc1)c1ccccc1. The summed E-state index contributed by atoms with van der Waals surface area (Å²) in [5.41, 5.74) is 4.54. The van der Waals surface area contributed by atoms with E-state index in [1.165, 1.54) is 5.56 Å². The Balaban J connectivity index is 1.66. The maximum absolute atomic E-state index is 12.6. The lowest BCUT2D eigenvalue weighted by Gasteiger charge is -2.21. The predicted octanol–water partition coefficient (Wildman–Crippen LogP) is 5.79. The standard InChI is InChI=1S/C23H22ClNOS/c1-17-7-5-6-10-21(17)23(19-8-3-2-4-9-19)25-22(26)16-27-15-18-11-13-20(24)14-12-18/h2-14,23H,15-16H2,1H3,(H,25,26)/t23-/m1/s1. The molecule has 1 atom stereocenters. The molecule has 0 aliphatic carbocycles. The van der Waals surface area contributed by atoms with Crippen LogP contribution in [-0.2, 0) is 10.5 Å². The third-order valence-corrected chi connectivity index (χ3v) is 5.61. The van der Waals surface area contributed by atoms with Crippen LogP contribution in [0, 0.1) is 6.92 Å². The van der Waals surface area contributed by atoms with Gasteiger partial charge in [-0.3, -0.25) is 4.79 Å². The molecule has 27 heavy (non-hydrogen) atoms. The van der Waals surface area contributed by atoms with Crippen molar-refractivity contribution in [2.45, 2.75) is 18.7 Å². The van der Waals surface area contributed by atoms with E-state index in [-0.39, 0.29) is 11.9 Å². The third-order valence-electron chi connectivity index (χ3n) is 4.35. The van der Waals surface area contributed by atoms with Crippen molar-refractivity contribution in [3.05, 3.63) is 106 Å². The summed E-state index contributed by atoms with van der Waals surface area (Å²) in [6.45, 7) is 2.08. The maximum atomic E-state index is 12.6. The second-order valence-electron chi connectivity index (χ2n) is 6.39. The van der Waals surface area contributed by atoms with Gasteiger partial charge in [0.1, 0.15) is 0 Å². The highest BCUT2D eigenvalue weighted by Crippen LogP contribution is 2.25. The smallest absolute Gasteiger partial charge is 0.230 e. The highest BCUT2D eigenvalue weighted by molar-refractivity contribution is 7.99. The molecule has 1 N–H and O–H groups in total. The minimum absolute atomic E-state index is 0.0334. The molecule has 3 rings (SSSR count). The number of aryl methyl sites for hydroxylation is 1. The van der Waals surface area contributed by atoms with E-state index in [9.17, 15) is 4.79 Å². The van der Waals surface area contributed by atoms with Crippen LogP contribution in [0.1, 0.15) is 28.3 Å². The quantitative estimate of drug-likeness (QED) is 0.548. The van der Waals surface area contributed by atoms with Gasteiger partial charge in [0.2, 0.25) is 5.91 Å². The summed E-state index contributed by atoms with van der Waals surface area (Å²) < 4.78 is 0. The largest absolute Gasteiger partial charge is 0.344 e. The van der Waals surface area contributed by atoms with E-state index in [4.69, 9.17) is 11.6 Å². The number of hydrogen-bond donors (Lipinski definition) is 1. The maximum Gasteiger partial charge on any atom is 0.230 e. The highest BCUT2D eigenvalue weighted by atomic mass is 35.5. The van der Waals surface area contributed by atoms with Gasteiger partial charge in [-0.25, -0.2) is 0 Å². The molecule has 0 bridgehead atoms. The van der Waals surface area contributed by atoms with Crippen LogP contribution in [-0.4, -0.2) is 11.7 Å². The first-order chi connectivity index (χ1) is 13.1. The van der Waals surface area contributed by atoms with Crippen molar-refractivity contribution in [1.29, 1.82) is 0 Å². The number of benzene rings is 3. The van der Waals surface area contributed by atoms with Crippen molar-refractivity contribution < 1.29 is 4.79 Å². The van der Waals surface area contributed by atoms with E-state index in [1.807, 2.05) is 54.6 Å². The Morgan fingerprint density at radius 2 is 1.63 bits per heavy atom. The molecule has 0 unspecified atom stereocenters. The monoisotopic (exact) mass is 395 g/mol. The normalized spacial score (nSPS) is 11.8. The zero-order chi connectivity index (χ0) is 19.1. The van der Waals surface area contributed by atoms with Gasteiger partial charge in [-0.05, 0) is 41.3 Å². The molecular weight excluding hydrogens is 374 g/mol. The molecule has 3 aromatic rings. The molecule has 3 aromatic carbocycles. The zero-order valence-corrected chi connectivity index (χ0v) is 16.8. The van der Waals surface area contributed by atoms with Crippen molar-refractivity contribution in [2.75, 3.05) is 5.75 Å². The van der Waals surface area contributed by atoms with Crippen LogP contribution in [0.4, 0.5) is 0 Å². The van der Waals surface area contributed by atoms with E-state index >= 15 is 0 Å². The molecule has 0 radical (unpaired) electrons. The Morgan fingerprint density at radius 1 is 0.963 bits per heavy atom. The fourth-order valence-electron chi connectivity index (χ4n) is 2.94. The van der Waals surface area contributed by atoms with Crippen LogP contribution >= 0.6 is 23.4 Å². The molecule has 0 aromatic heterocycles. The van der Waals surface area contributed by atoms with Crippen LogP contribution in [0.15, 0.2) is 78.9 Å².